The summed E-state index contributed by atoms with van der Waals surface area (Å²) < 4.78 is 10.5. The van der Waals surface area contributed by atoms with Crippen LogP contribution in [0.5, 0.6) is 0 Å². The van der Waals surface area contributed by atoms with E-state index in [1.807, 2.05) is 60.7 Å². The van der Waals surface area contributed by atoms with Crippen molar-refractivity contribution in [2.75, 3.05) is 7.11 Å². The average molecular weight is 456 g/mol. The molecule has 0 bridgehead atoms. The molecule has 0 aliphatic rings. The minimum atomic E-state index is -1.10. The third-order valence-corrected chi connectivity index (χ3v) is 5.66. The van der Waals surface area contributed by atoms with Crippen LogP contribution in [0.2, 0.25) is 0 Å². The molecule has 0 aromatic heterocycles. The zero-order valence-electron chi connectivity index (χ0n) is 18.9. The molecule has 6 heteroatoms. The van der Waals surface area contributed by atoms with Crippen molar-refractivity contribution < 1.29 is 19.1 Å². The van der Waals surface area contributed by atoms with Crippen LogP contribution in [0, 0.1) is 5.92 Å². The molecule has 5 nitrogen and oxygen atoms in total. The highest BCUT2D eigenvalue weighted by Gasteiger charge is 2.37. The highest BCUT2D eigenvalue weighted by molar-refractivity contribution is 7.80. The lowest BCUT2D eigenvalue weighted by Crippen LogP contribution is -2.47. The maximum atomic E-state index is 13.0. The van der Waals surface area contributed by atoms with Gasteiger partial charge in [-0.2, -0.15) is 0 Å². The number of methoxy groups -OCH3 is 1. The Morgan fingerprint density at radius 2 is 1.53 bits per heavy atom. The van der Waals surface area contributed by atoms with Crippen molar-refractivity contribution in [3.8, 4) is 0 Å². The standard InChI is InChI=1S/C26H33NO4S/c1-3-4-5-6-13-18-22(27-24(32)21-16-11-8-12-17-21)23(25(28)30-2)26(29)31-19-20-14-9-7-10-15-20/h7-12,14-17,22-23H,3-6,13,18-19H2,1-2H3,(H,27,32). The summed E-state index contributed by atoms with van der Waals surface area (Å²) in [5.74, 6) is -2.33. The van der Waals surface area contributed by atoms with E-state index in [1.54, 1.807) is 0 Å². The van der Waals surface area contributed by atoms with Crippen molar-refractivity contribution in [3.05, 3.63) is 71.8 Å². The van der Waals surface area contributed by atoms with E-state index in [-0.39, 0.29) is 6.61 Å². The molecule has 32 heavy (non-hydrogen) atoms. The van der Waals surface area contributed by atoms with Crippen LogP contribution in [0.3, 0.4) is 0 Å². The van der Waals surface area contributed by atoms with Crippen molar-refractivity contribution in [2.45, 2.75) is 58.1 Å². The molecule has 2 unspecified atom stereocenters. The Morgan fingerprint density at radius 1 is 0.906 bits per heavy atom. The van der Waals surface area contributed by atoms with Gasteiger partial charge in [-0.1, -0.05) is 112 Å². The maximum Gasteiger partial charge on any atom is 0.322 e. The molecule has 0 aliphatic heterocycles. The van der Waals surface area contributed by atoms with E-state index in [0.29, 0.717) is 11.4 Å². The smallest absolute Gasteiger partial charge is 0.322 e. The van der Waals surface area contributed by atoms with Gasteiger partial charge in [0.15, 0.2) is 5.92 Å². The number of rotatable bonds is 13. The van der Waals surface area contributed by atoms with Crippen LogP contribution in [0.4, 0.5) is 0 Å². The number of hydrogen-bond donors (Lipinski definition) is 1. The van der Waals surface area contributed by atoms with Gasteiger partial charge in [-0.15, -0.1) is 0 Å². The summed E-state index contributed by atoms with van der Waals surface area (Å²) in [6.07, 6.45) is 5.94. The number of carbonyl (C=O) groups is 2. The molecule has 0 fully saturated rings. The van der Waals surface area contributed by atoms with Crippen LogP contribution < -0.4 is 5.32 Å². The van der Waals surface area contributed by atoms with Gasteiger partial charge in [0, 0.05) is 5.56 Å². The number of unbranched alkanes of at least 4 members (excludes halogenated alkanes) is 4. The topological polar surface area (TPSA) is 64.6 Å². The summed E-state index contributed by atoms with van der Waals surface area (Å²) in [6, 6.07) is 18.4. The second kappa shape index (κ2) is 14.4. The summed E-state index contributed by atoms with van der Waals surface area (Å²) in [7, 11) is 1.29. The van der Waals surface area contributed by atoms with Crippen LogP contribution in [0.15, 0.2) is 60.7 Å². The van der Waals surface area contributed by atoms with E-state index in [1.165, 1.54) is 13.5 Å². The minimum absolute atomic E-state index is 0.0967. The third-order valence-electron chi connectivity index (χ3n) is 5.31. The Morgan fingerprint density at radius 3 is 2.16 bits per heavy atom. The van der Waals surface area contributed by atoms with Crippen LogP contribution in [0.1, 0.15) is 56.6 Å². The van der Waals surface area contributed by atoms with Crippen molar-refractivity contribution in [1.82, 2.24) is 5.32 Å². The molecule has 0 heterocycles. The lowest BCUT2D eigenvalue weighted by Gasteiger charge is -2.26. The normalized spacial score (nSPS) is 12.4. The molecule has 0 radical (unpaired) electrons. The van der Waals surface area contributed by atoms with Gasteiger partial charge >= 0.3 is 11.9 Å². The summed E-state index contributed by atoms with van der Waals surface area (Å²) >= 11 is 5.57. The van der Waals surface area contributed by atoms with Crippen molar-refractivity contribution in [1.29, 1.82) is 0 Å². The molecule has 2 atom stereocenters. The van der Waals surface area contributed by atoms with E-state index in [2.05, 4.69) is 12.2 Å². The van der Waals surface area contributed by atoms with Crippen molar-refractivity contribution in [2.24, 2.45) is 5.92 Å². The zero-order valence-corrected chi connectivity index (χ0v) is 19.7. The molecular weight excluding hydrogens is 422 g/mol. The van der Waals surface area contributed by atoms with E-state index in [4.69, 9.17) is 21.7 Å². The van der Waals surface area contributed by atoms with Crippen LogP contribution in [-0.4, -0.2) is 30.1 Å². The number of nitrogens with one attached hydrogen (secondary N) is 1. The van der Waals surface area contributed by atoms with Crippen LogP contribution in [0.25, 0.3) is 0 Å². The quantitative estimate of drug-likeness (QED) is 0.194. The monoisotopic (exact) mass is 455 g/mol. The number of benzene rings is 2. The predicted molar refractivity (Wildman–Crippen MR) is 130 cm³/mol. The maximum absolute atomic E-state index is 13.0. The molecule has 2 aromatic carbocycles. The van der Waals surface area contributed by atoms with E-state index in [9.17, 15) is 9.59 Å². The summed E-state index contributed by atoms with van der Waals surface area (Å²) in [5.41, 5.74) is 1.69. The second-order valence-corrected chi connectivity index (χ2v) is 8.15. The summed E-state index contributed by atoms with van der Waals surface area (Å²) in [5, 5.41) is 3.25. The fourth-order valence-electron chi connectivity index (χ4n) is 3.50. The first-order valence-corrected chi connectivity index (χ1v) is 11.6. The van der Waals surface area contributed by atoms with Gasteiger partial charge < -0.3 is 14.8 Å². The Balaban J connectivity index is 2.15. The van der Waals surface area contributed by atoms with Crippen LogP contribution >= 0.6 is 12.2 Å². The lowest BCUT2D eigenvalue weighted by molar-refractivity contribution is -0.162. The van der Waals surface area contributed by atoms with E-state index >= 15 is 0 Å². The molecule has 0 amide bonds. The molecule has 1 N–H and O–H groups in total. The first-order valence-electron chi connectivity index (χ1n) is 11.2. The first kappa shape index (κ1) is 25.5. The average Bonchev–Trinajstić information content (AvgIpc) is 2.83. The highest BCUT2D eigenvalue weighted by Crippen LogP contribution is 2.19. The number of ether oxygens (including phenoxy) is 2. The Kier molecular flexibility index (Phi) is 11.5. The van der Waals surface area contributed by atoms with Gasteiger partial charge in [-0.05, 0) is 12.0 Å². The largest absolute Gasteiger partial charge is 0.468 e. The fraction of sp³-hybridized carbons (Fsp3) is 0.423. The summed E-state index contributed by atoms with van der Waals surface area (Å²) in [4.78, 5) is 26.2. The second-order valence-electron chi connectivity index (χ2n) is 7.74. The van der Waals surface area contributed by atoms with Crippen molar-refractivity contribution in [3.63, 3.8) is 0 Å². The molecule has 0 saturated carbocycles. The van der Waals surface area contributed by atoms with Crippen LogP contribution in [-0.2, 0) is 25.7 Å². The molecule has 0 saturated heterocycles. The number of carbonyl (C=O) groups excluding carboxylic acids is 2. The Bertz CT molecular complexity index is 841. The van der Waals surface area contributed by atoms with Gasteiger partial charge in [0.25, 0.3) is 0 Å². The zero-order chi connectivity index (χ0) is 23.2. The molecule has 172 valence electrons. The molecular formula is C26H33NO4S. The molecule has 2 aromatic rings. The van der Waals surface area contributed by atoms with E-state index < -0.39 is 23.9 Å². The fourth-order valence-corrected chi connectivity index (χ4v) is 3.79. The van der Waals surface area contributed by atoms with Gasteiger partial charge in [0.2, 0.25) is 0 Å². The SMILES string of the molecule is CCCCCCCC(NC(=S)c1ccccc1)C(C(=O)OC)C(=O)OCc1ccccc1. The third kappa shape index (κ3) is 8.42. The molecule has 0 spiro atoms. The Hall–Kier alpha value is -2.73. The van der Waals surface area contributed by atoms with Gasteiger partial charge in [0.05, 0.1) is 13.2 Å². The molecule has 2 rings (SSSR count). The predicted octanol–water partition coefficient (Wildman–Crippen LogP) is 5.21. The Labute approximate surface area is 196 Å². The minimum Gasteiger partial charge on any atom is -0.468 e. The van der Waals surface area contributed by atoms with Gasteiger partial charge in [-0.25, -0.2) is 0 Å². The molecule has 0 aliphatic carbocycles. The van der Waals surface area contributed by atoms with Gasteiger partial charge in [-0.3, -0.25) is 9.59 Å². The lowest BCUT2D eigenvalue weighted by atomic mass is 9.93. The number of esters is 2. The number of hydrogen-bond acceptors (Lipinski definition) is 5. The number of thiocarbonyl (C=S) groups is 1. The van der Waals surface area contributed by atoms with Gasteiger partial charge in [0.1, 0.15) is 11.6 Å². The summed E-state index contributed by atoms with van der Waals surface area (Å²) in [6.45, 7) is 2.26. The van der Waals surface area contributed by atoms with Crippen molar-refractivity contribution >= 4 is 29.1 Å². The first-order chi connectivity index (χ1) is 15.6. The highest BCUT2D eigenvalue weighted by atomic mass is 32.1. The van der Waals surface area contributed by atoms with E-state index in [0.717, 1.165) is 36.8 Å².